The zero-order valence-corrected chi connectivity index (χ0v) is 8.43. The highest BCUT2D eigenvalue weighted by Gasteiger charge is 2.16. The zero-order chi connectivity index (χ0) is 10.7. The Balaban J connectivity index is 2.00. The van der Waals surface area contributed by atoms with Crippen LogP contribution in [0.1, 0.15) is 18.4 Å². The maximum absolute atomic E-state index is 10.5. The van der Waals surface area contributed by atoms with Crippen molar-refractivity contribution in [1.29, 1.82) is 0 Å². The molecule has 0 aromatic heterocycles. The molecule has 0 spiro atoms. The number of rotatable bonds is 4. The molecule has 1 saturated carbocycles. The summed E-state index contributed by atoms with van der Waals surface area (Å²) in [6.07, 6.45) is 7.70. The normalized spacial score (nSPS) is 15.7. The molecular formula is C12H13NO2. The van der Waals surface area contributed by atoms with Crippen molar-refractivity contribution in [3.8, 4) is 0 Å². The van der Waals surface area contributed by atoms with Gasteiger partial charge in [-0.1, -0.05) is 24.3 Å². The molecule has 1 aliphatic carbocycles. The number of hydrogen-bond donors (Lipinski definition) is 0. The van der Waals surface area contributed by atoms with Crippen LogP contribution in [0.15, 0.2) is 36.4 Å². The van der Waals surface area contributed by atoms with Crippen LogP contribution in [0, 0.1) is 16.0 Å². The summed E-state index contributed by atoms with van der Waals surface area (Å²) in [7, 11) is 0. The molecule has 3 heteroatoms. The van der Waals surface area contributed by atoms with E-state index in [2.05, 4.69) is 12.2 Å². The fourth-order valence-corrected chi connectivity index (χ4v) is 1.48. The number of nitro groups is 1. The van der Waals surface area contributed by atoms with Crippen molar-refractivity contribution in [2.45, 2.75) is 19.3 Å². The summed E-state index contributed by atoms with van der Waals surface area (Å²) >= 11 is 0. The SMILES string of the molecule is O=[N+]([O-])c1cccc(CC=CC2CC2)c1. The molecule has 0 atom stereocenters. The number of hydrogen-bond acceptors (Lipinski definition) is 2. The first-order chi connectivity index (χ1) is 7.25. The van der Waals surface area contributed by atoms with Gasteiger partial charge in [0.2, 0.25) is 0 Å². The highest BCUT2D eigenvalue weighted by molar-refractivity contribution is 5.35. The Morgan fingerprint density at radius 1 is 1.47 bits per heavy atom. The lowest BCUT2D eigenvalue weighted by Gasteiger charge is -1.96. The molecule has 0 saturated heterocycles. The summed E-state index contributed by atoms with van der Waals surface area (Å²) in [6, 6.07) is 6.81. The predicted molar refractivity (Wildman–Crippen MR) is 58.7 cm³/mol. The van der Waals surface area contributed by atoms with Gasteiger partial charge in [0.05, 0.1) is 4.92 Å². The molecule has 1 aliphatic rings. The molecule has 0 N–H and O–H groups in total. The Morgan fingerprint density at radius 2 is 2.27 bits per heavy atom. The third kappa shape index (κ3) is 2.91. The average Bonchev–Trinajstić information content (AvgIpc) is 3.02. The summed E-state index contributed by atoms with van der Waals surface area (Å²) in [5.74, 6) is 0.767. The summed E-state index contributed by atoms with van der Waals surface area (Å²) in [6.45, 7) is 0. The average molecular weight is 203 g/mol. The predicted octanol–water partition coefficient (Wildman–Crippen LogP) is 3.10. The second kappa shape index (κ2) is 4.26. The molecule has 15 heavy (non-hydrogen) atoms. The minimum Gasteiger partial charge on any atom is -0.258 e. The van der Waals surface area contributed by atoms with E-state index in [0.717, 1.165) is 17.9 Å². The quantitative estimate of drug-likeness (QED) is 0.428. The second-order valence-electron chi connectivity index (χ2n) is 3.90. The largest absolute Gasteiger partial charge is 0.269 e. The first kappa shape index (κ1) is 9.90. The van der Waals surface area contributed by atoms with E-state index in [9.17, 15) is 10.1 Å². The monoisotopic (exact) mass is 203 g/mol. The van der Waals surface area contributed by atoms with E-state index in [1.807, 2.05) is 6.07 Å². The van der Waals surface area contributed by atoms with Gasteiger partial charge < -0.3 is 0 Å². The van der Waals surface area contributed by atoms with Gasteiger partial charge in [0, 0.05) is 12.1 Å². The highest BCUT2D eigenvalue weighted by Crippen LogP contribution is 2.30. The summed E-state index contributed by atoms with van der Waals surface area (Å²) in [5, 5.41) is 10.5. The van der Waals surface area contributed by atoms with E-state index in [1.54, 1.807) is 12.1 Å². The Labute approximate surface area is 88.6 Å². The van der Waals surface area contributed by atoms with Gasteiger partial charge >= 0.3 is 0 Å². The molecule has 1 aromatic rings. The molecule has 0 heterocycles. The summed E-state index contributed by atoms with van der Waals surface area (Å²) in [4.78, 5) is 10.2. The first-order valence-corrected chi connectivity index (χ1v) is 5.16. The Hall–Kier alpha value is -1.64. The van der Waals surface area contributed by atoms with Crippen molar-refractivity contribution < 1.29 is 4.92 Å². The third-order valence-electron chi connectivity index (χ3n) is 2.51. The molecule has 3 nitrogen and oxygen atoms in total. The van der Waals surface area contributed by atoms with Crippen molar-refractivity contribution in [3.05, 3.63) is 52.1 Å². The topological polar surface area (TPSA) is 43.1 Å². The summed E-state index contributed by atoms with van der Waals surface area (Å²) in [5.41, 5.74) is 1.17. The van der Waals surface area contributed by atoms with Crippen LogP contribution in [-0.4, -0.2) is 4.92 Å². The molecule has 1 aromatic carbocycles. The van der Waals surface area contributed by atoms with Crippen molar-refractivity contribution in [2.75, 3.05) is 0 Å². The van der Waals surface area contributed by atoms with Crippen molar-refractivity contribution in [3.63, 3.8) is 0 Å². The lowest BCUT2D eigenvalue weighted by Crippen LogP contribution is -1.89. The fraction of sp³-hybridized carbons (Fsp3) is 0.333. The van der Waals surface area contributed by atoms with E-state index in [4.69, 9.17) is 0 Å². The first-order valence-electron chi connectivity index (χ1n) is 5.16. The van der Waals surface area contributed by atoms with Crippen molar-refractivity contribution in [2.24, 2.45) is 5.92 Å². The van der Waals surface area contributed by atoms with Crippen molar-refractivity contribution >= 4 is 5.69 Å². The smallest absolute Gasteiger partial charge is 0.258 e. The molecule has 1 fully saturated rings. The standard InChI is InChI=1S/C12H13NO2/c14-13(15)12-6-2-5-11(9-12)4-1-3-10-7-8-10/h1-3,5-6,9-10H,4,7-8H2. The summed E-state index contributed by atoms with van der Waals surface area (Å²) < 4.78 is 0. The van der Waals surface area contributed by atoms with Crippen LogP contribution in [0.25, 0.3) is 0 Å². The van der Waals surface area contributed by atoms with Gasteiger partial charge in [-0.25, -0.2) is 0 Å². The number of benzene rings is 1. The van der Waals surface area contributed by atoms with Gasteiger partial charge in [-0.3, -0.25) is 10.1 Å². The Bertz CT molecular complexity index is 394. The Morgan fingerprint density at radius 3 is 2.93 bits per heavy atom. The van der Waals surface area contributed by atoms with E-state index in [0.29, 0.717) is 0 Å². The molecule has 2 rings (SSSR count). The maximum Gasteiger partial charge on any atom is 0.269 e. The van der Waals surface area contributed by atoms with Crippen LogP contribution in [0.2, 0.25) is 0 Å². The van der Waals surface area contributed by atoms with Gasteiger partial charge in [0.25, 0.3) is 5.69 Å². The molecule has 0 amide bonds. The number of allylic oxidation sites excluding steroid dienone is 2. The van der Waals surface area contributed by atoms with Gasteiger partial charge in [0.15, 0.2) is 0 Å². The molecular weight excluding hydrogens is 190 g/mol. The van der Waals surface area contributed by atoms with Crippen LogP contribution in [0.5, 0.6) is 0 Å². The number of non-ortho nitro benzene ring substituents is 1. The molecule has 0 radical (unpaired) electrons. The van der Waals surface area contributed by atoms with Crippen LogP contribution >= 0.6 is 0 Å². The second-order valence-corrected chi connectivity index (χ2v) is 3.90. The van der Waals surface area contributed by atoms with Gasteiger partial charge in [-0.05, 0) is 30.7 Å². The van der Waals surface area contributed by atoms with Gasteiger partial charge in [-0.2, -0.15) is 0 Å². The zero-order valence-electron chi connectivity index (χ0n) is 8.43. The molecule has 0 aliphatic heterocycles. The van der Waals surface area contributed by atoms with E-state index >= 15 is 0 Å². The van der Waals surface area contributed by atoms with E-state index in [1.165, 1.54) is 18.9 Å². The van der Waals surface area contributed by atoms with Crippen molar-refractivity contribution in [1.82, 2.24) is 0 Å². The van der Waals surface area contributed by atoms with Crippen LogP contribution in [0.4, 0.5) is 5.69 Å². The third-order valence-corrected chi connectivity index (χ3v) is 2.51. The van der Waals surface area contributed by atoms with Crippen LogP contribution in [0.3, 0.4) is 0 Å². The lowest BCUT2D eigenvalue weighted by atomic mass is 10.1. The van der Waals surface area contributed by atoms with Crippen LogP contribution in [-0.2, 0) is 6.42 Å². The molecule has 0 unspecified atom stereocenters. The molecule has 0 bridgehead atoms. The maximum atomic E-state index is 10.5. The number of nitro benzene ring substituents is 1. The van der Waals surface area contributed by atoms with E-state index < -0.39 is 0 Å². The minimum atomic E-state index is -0.353. The van der Waals surface area contributed by atoms with Gasteiger partial charge in [0.1, 0.15) is 0 Å². The number of nitrogens with zero attached hydrogens (tertiary/aromatic N) is 1. The fourth-order valence-electron chi connectivity index (χ4n) is 1.48. The van der Waals surface area contributed by atoms with Crippen LogP contribution < -0.4 is 0 Å². The molecule has 78 valence electrons. The Kier molecular flexibility index (Phi) is 2.81. The van der Waals surface area contributed by atoms with E-state index in [-0.39, 0.29) is 10.6 Å². The highest BCUT2D eigenvalue weighted by atomic mass is 16.6. The minimum absolute atomic E-state index is 0.173. The van der Waals surface area contributed by atoms with Gasteiger partial charge in [-0.15, -0.1) is 0 Å². The lowest BCUT2D eigenvalue weighted by molar-refractivity contribution is -0.384.